The first-order valence-corrected chi connectivity index (χ1v) is 7.04. The summed E-state index contributed by atoms with van der Waals surface area (Å²) in [5.41, 5.74) is 2.26. The summed E-state index contributed by atoms with van der Waals surface area (Å²) >= 11 is 0. The summed E-state index contributed by atoms with van der Waals surface area (Å²) in [7, 11) is 0. The fraction of sp³-hybridized carbons (Fsp3) is 0.533. The topological polar surface area (TPSA) is 50.1 Å². The van der Waals surface area contributed by atoms with Crippen LogP contribution in [-0.2, 0) is 13.1 Å². The molecule has 1 aromatic heterocycles. The molecule has 0 saturated carbocycles. The fourth-order valence-electron chi connectivity index (χ4n) is 2.29. The van der Waals surface area contributed by atoms with E-state index in [-0.39, 0.29) is 6.61 Å². The molecule has 0 spiro atoms. The van der Waals surface area contributed by atoms with Crippen LogP contribution in [0, 0.1) is 0 Å². The van der Waals surface area contributed by atoms with Crippen LogP contribution < -0.4 is 5.32 Å². The summed E-state index contributed by atoms with van der Waals surface area (Å²) in [6.07, 6.45) is 1.87. The number of rotatable bonds is 7. The normalized spacial score (nSPS) is 13.0. The van der Waals surface area contributed by atoms with Gasteiger partial charge in [-0.3, -0.25) is 0 Å². The molecule has 4 nitrogen and oxygen atoms in total. The van der Waals surface area contributed by atoms with E-state index in [0.29, 0.717) is 6.04 Å². The molecule has 0 bridgehead atoms. The van der Waals surface area contributed by atoms with Crippen molar-refractivity contribution >= 4 is 11.0 Å². The maximum atomic E-state index is 8.93. The van der Waals surface area contributed by atoms with Gasteiger partial charge in [0, 0.05) is 19.2 Å². The van der Waals surface area contributed by atoms with E-state index in [4.69, 9.17) is 10.1 Å². The van der Waals surface area contributed by atoms with Gasteiger partial charge in [0.05, 0.1) is 17.6 Å². The number of hydrogen-bond acceptors (Lipinski definition) is 3. The molecule has 1 aromatic carbocycles. The molecule has 1 atom stereocenters. The van der Waals surface area contributed by atoms with Gasteiger partial charge in [0.2, 0.25) is 0 Å². The summed E-state index contributed by atoms with van der Waals surface area (Å²) in [6, 6.07) is 8.57. The Morgan fingerprint density at radius 2 is 2.16 bits per heavy atom. The summed E-state index contributed by atoms with van der Waals surface area (Å²) < 4.78 is 2.29. The highest BCUT2D eigenvalue weighted by Gasteiger charge is 2.10. The van der Waals surface area contributed by atoms with Gasteiger partial charge >= 0.3 is 0 Å². The van der Waals surface area contributed by atoms with Gasteiger partial charge in [-0.2, -0.15) is 0 Å². The van der Waals surface area contributed by atoms with Crippen LogP contribution in [0.1, 0.15) is 32.5 Å². The molecule has 0 saturated heterocycles. The number of imidazole rings is 1. The maximum Gasteiger partial charge on any atom is 0.123 e. The molecule has 0 aliphatic carbocycles. The number of hydrogen-bond donors (Lipinski definition) is 2. The van der Waals surface area contributed by atoms with Crippen molar-refractivity contribution in [2.45, 2.75) is 45.8 Å². The van der Waals surface area contributed by atoms with Gasteiger partial charge < -0.3 is 15.0 Å². The minimum Gasteiger partial charge on any atom is -0.396 e. The highest BCUT2D eigenvalue weighted by molar-refractivity contribution is 5.75. The minimum absolute atomic E-state index is 0.222. The lowest BCUT2D eigenvalue weighted by Crippen LogP contribution is -2.27. The summed E-state index contributed by atoms with van der Waals surface area (Å²) in [5, 5.41) is 12.3. The Bertz CT molecular complexity index is 521. The van der Waals surface area contributed by atoms with Gasteiger partial charge in [0.15, 0.2) is 0 Å². The number of nitrogens with zero attached hydrogens (tertiary/aromatic N) is 2. The van der Waals surface area contributed by atoms with Crippen LogP contribution in [0.15, 0.2) is 24.3 Å². The Morgan fingerprint density at radius 3 is 2.89 bits per heavy atom. The molecular formula is C15H23N3O. The van der Waals surface area contributed by atoms with Crippen LogP contribution in [0.4, 0.5) is 0 Å². The Balaban J connectivity index is 2.19. The Labute approximate surface area is 114 Å². The minimum atomic E-state index is 0.222. The summed E-state index contributed by atoms with van der Waals surface area (Å²) in [4.78, 5) is 4.70. The molecule has 0 radical (unpaired) electrons. The second-order valence-electron chi connectivity index (χ2n) is 4.96. The van der Waals surface area contributed by atoms with E-state index in [1.807, 2.05) is 6.07 Å². The van der Waals surface area contributed by atoms with Crippen LogP contribution in [0.3, 0.4) is 0 Å². The molecule has 0 fully saturated rings. The zero-order chi connectivity index (χ0) is 13.7. The second-order valence-corrected chi connectivity index (χ2v) is 4.96. The van der Waals surface area contributed by atoms with Crippen LogP contribution in [0.5, 0.6) is 0 Å². The van der Waals surface area contributed by atoms with Gasteiger partial charge in [-0.05, 0) is 31.9 Å². The monoisotopic (exact) mass is 261 g/mol. The first kappa shape index (κ1) is 14.0. The largest absolute Gasteiger partial charge is 0.396 e. The van der Waals surface area contributed by atoms with Gasteiger partial charge in [0.1, 0.15) is 5.82 Å². The first-order valence-electron chi connectivity index (χ1n) is 7.04. The molecule has 104 valence electrons. The third-order valence-electron chi connectivity index (χ3n) is 3.35. The zero-order valence-electron chi connectivity index (χ0n) is 11.8. The number of fused-ring (bicyclic) bond motifs is 1. The Kier molecular flexibility index (Phi) is 4.93. The van der Waals surface area contributed by atoms with Crippen molar-refractivity contribution in [2.75, 3.05) is 6.61 Å². The molecule has 0 aliphatic rings. The number of aliphatic hydroxyl groups excluding tert-OH is 1. The van der Waals surface area contributed by atoms with Crippen molar-refractivity contribution in [1.82, 2.24) is 14.9 Å². The highest BCUT2D eigenvalue weighted by Crippen LogP contribution is 2.16. The second kappa shape index (κ2) is 6.68. The number of nitrogens with one attached hydrogen (secondary N) is 1. The number of benzene rings is 1. The van der Waals surface area contributed by atoms with Crippen molar-refractivity contribution in [2.24, 2.45) is 0 Å². The smallest absolute Gasteiger partial charge is 0.123 e. The standard InChI is InChI=1S/C15H23N3O/c1-3-9-18-14-7-5-4-6-13(14)17-15(18)11-16-12(2)8-10-19/h4-7,12,16,19H,3,8-11H2,1-2H3. The Morgan fingerprint density at radius 1 is 1.37 bits per heavy atom. The van der Waals surface area contributed by atoms with Crippen molar-refractivity contribution in [1.29, 1.82) is 0 Å². The molecule has 2 N–H and O–H groups in total. The van der Waals surface area contributed by atoms with E-state index in [1.165, 1.54) is 5.52 Å². The molecule has 4 heteroatoms. The van der Waals surface area contributed by atoms with E-state index >= 15 is 0 Å². The highest BCUT2D eigenvalue weighted by atomic mass is 16.3. The number of aryl methyl sites for hydroxylation is 1. The van der Waals surface area contributed by atoms with Crippen molar-refractivity contribution < 1.29 is 5.11 Å². The summed E-state index contributed by atoms with van der Waals surface area (Å²) in [6.45, 7) is 6.23. The molecule has 19 heavy (non-hydrogen) atoms. The van der Waals surface area contributed by atoms with Crippen molar-refractivity contribution in [3.05, 3.63) is 30.1 Å². The number of para-hydroxylation sites is 2. The third-order valence-corrected chi connectivity index (χ3v) is 3.35. The molecule has 2 aromatic rings. The van der Waals surface area contributed by atoms with Crippen molar-refractivity contribution in [3.63, 3.8) is 0 Å². The summed E-state index contributed by atoms with van der Waals surface area (Å²) in [5.74, 6) is 1.08. The molecule has 1 unspecified atom stereocenters. The lowest BCUT2D eigenvalue weighted by molar-refractivity contribution is 0.268. The SMILES string of the molecule is CCCn1c(CNC(C)CCO)nc2ccccc21. The van der Waals surface area contributed by atoms with Gasteiger partial charge in [-0.25, -0.2) is 4.98 Å². The first-order chi connectivity index (χ1) is 9.26. The number of aromatic nitrogens is 2. The quantitative estimate of drug-likeness (QED) is 0.804. The predicted octanol–water partition coefficient (Wildman–Crippen LogP) is 2.31. The lowest BCUT2D eigenvalue weighted by Gasteiger charge is -2.13. The van der Waals surface area contributed by atoms with Gasteiger partial charge in [-0.15, -0.1) is 0 Å². The van der Waals surface area contributed by atoms with Crippen LogP contribution in [0.25, 0.3) is 11.0 Å². The molecule has 0 amide bonds. The van der Waals surface area contributed by atoms with Crippen LogP contribution in [0.2, 0.25) is 0 Å². The molecular weight excluding hydrogens is 238 g/mol. The third kappa shape index (κ3) is 3.33. The van der Waals surface area contributed by atoms with E-state index < -0.39 is 0 Å². The molecule has 2 rings (SSSR count). The van der Waals surface area contributed by atoms with E-state index in [1.54, 1.807) is 0 Å². The van der Waals surface area contributed by atoms with Crippen molar-refractivity contribution in [3.8, 4) is 0 Å². The average Bonchev–Trinajstić information content (AvgIpc) is 2.76. The zero-order valence-corrected chi connectivity index (χ0v) is 11.8. The van der Waals surface area contributed by atoms with Gasteiger partial charge in [-0.1, -0.05) is 19.1 Å². The Hall–Kier alpha value is -1.39. The van der Waals surface area contributed by atoms with E-state index in [2.05, 4.69) is 41.9 Å². The number of aliphatic hydroxyl groups is 1. The average molecular weight is 261 g/mol. The molecule has 0 aliphatic heterocycles. The van der Waals surface area contributed by atoms with E-state index in [0.717, 1.165) is 37.3 Å². The molecule has 1 heterocycles. The lowest BCUT2D eigenvalue weighted by atomic mass is 10.2. The van der Waals surface area contributed by atoms with E-state index in [9.17, 15) is 0 Å². The fourth-order valence-corrected chi connectivity index (χ4v) is 2.29. The van der Waals surface area contributed by atoms with Crippen LogP contribution in [-0.4, -0.2) is 27.3 Å². The van der Waals surface area contributed by atoms with Gasteiger partial charge in [0.25, 0.3) is 0 Å². The predicted molar refractivity (Wildman–Crippen MR) is 78.0 cm³/mol. The maximum absolute atomic E-state index is 8.93. The van der Waals surface area contributed by atoms with Crippen LogP contribution >= 0.6 is 0 Å².